The number of carbonyl (C=O) groups is 3. The first-order chi connectivity index (χ1) is 14.3. The maximum atomic E-state index is 15.0. The van der Waals surface area contributed by atoms with Crippen LogP contribution in [0.1, 0.15) is 41.7 Å². The first-order valence-corrected chi connectivity index (χ1v) is 9.56. The molecule has 7 nitrogen and oxygen atoms in total. The lowest BCUT2D eigenvalue weighted by atomic mass is 9.86. The molecule has 1 saturated heterocycles. The van der Waals surface area contributed by atoms with Crippen LogP contribution in [0.5, 0.6) is 0 Å². The standard InChI is InChI=1S/C21H22F2N4O3/c1-2-12-7-17(23)18(13-3-5-15(22)6-4-13)27(11-12)21(30)20(29)26-16-8-14(19(24)28)9-25-10-16/h3-6,8-10,12,17-18H,2,7,11H2,1H3,(H2,24,28)(H,26,29)/t12-,17-,18-/m1/s1. The molecule has 0 unspecified atom stereocenters. The monoisotopic (exact) mass is 416 g/mol. The molecule has 2 heterocycles. The van der Waals surface area contributed by atoms with Crippen molar-refractivity contribution in [2.45, 2.75) is 32.0 Å². The van der Waals surface area contributed by atoms with Crippen LogP contribution in [0.15, 0.2) is 42.7 Å². The number of aromatic nitrogens is 1. The molecule has 158 valence electrons. The molecule has 3 N–H and O–H groups in total. The Hall–Kier alpha value is -3.36. The van der Waals surface area contributed by atoms with E-state index >= 15 is 4.39 Å². The summed E-state index contributed by atoms with van der Waals surface area (Å²) in [5.74, 6) is -3.23. The normalized spacial score (nSPS) is 21.2. The van der Waals surface area contributed by atoms with Gasteiger partial charge in [0.05, 0.1) is 23.5 Å². The highest BCUT2D eigenvalue weighted by atomic mass is 19.1. The average Bonchev–Trinajstić information content (AvgIpc) is 2.73. The van der Waals surface area contributed by atoms with Crippen molar-refractivity contribution in [3.8, 4) is 0 Å². The predicted molar refractivity (Wildman–Crippen MR) is 106 cm³/mol. The summed E-state index contributed by atoms with van der Waals surface area (Å²) in [5, 5.41) is 2.38. The number of hydrogen-bond donors (Lipinski definition) is 2. The molecule has 2 aromatic rings. The van der Waals surface area contributed by atoms with Gasteiger partial charge < -0.3 is 16.0 Å². The number of rotatable bonds is 4. The largest absolute Gasteiger partial charge is 0.366 e. The van der Waals surface area contributed by atoms with Crippen molar-refractivity contribution in [2.75, 3.05) is 11.9 Å². The molecule has 9 heteroatoms. The number of hydrogen-bond acceptors (Lipinski definition) is 4. The number of nitrogens with one attached hydrogen (secondary N) is 1. The van der Waals surface area contributed by atoms with Crippen LogP contribution < -0.4 is 11.1 Å². The molecular formula is C21H22F2N4O3. The second-order valence-corrected chi connectivity index (χ2v) is 7.26. The van der Waals surface area contributed by atoms with E-state index in [1.54, 1.807) is 0 Å². The molecule has 1 aliphatic rings. The van der Waals surface area contributed by atoms with Crippen LogP contribution in [0.2, 0.25) is 0 Å². The fraction of sp³-hybridized carbons (Fsp3) is 0.333. The van der Waals surface area contributed by atoms with Crippen molar-refractivity contribution in [2.24, 2.45) is 11.7 Å². The van der Waals surface area contributed by atoms with E-state index < -0.39 is 35.8 Å². The molecule has 3 atom stereocenters. The average molecular weight is 416 g/mol. The van der Waals surface area contributed by atoms with Gasteiger partial charge in [0.1, 0.15) is 12.0 Å². The summed E-state index contributed by atoms with van der Waals surface area (Å²) in [6.07, 6.45) is 1.99. The first-order valence-electron chi connectivity index (χ1n) is 9.56. The van der Waals surface area contributed by atoms with Crippen molar-refractivity contribution in [1.82, 2.24) is 9.88 Å². The fourth-order valence-electron chi connectivity index (χ4n) is 3.62. The van der Waals surface area contributed by atoms with Gasteiger partial charge in [0, 0.05) is 12.7 Å². The molecule has 0 aliphatic carbocycles. The number of halogens is 2. The Balaban J connectivity index is 1.85. The molecule has 3 rings (SSSR count). The van der Waals surface area contributed by atoms with E-state index in [4.69, 9.17) is 5.73 Å². The summed E-state index contributed by atoms with van der Waals surface area (Å²) in [6, 6.07) is 5.51. The number of anilines is 1. The molecule has 1 aromatic heterocycles. The summed E-state index contributed by atoms with van der Waals surface area (Å²) < 4.78 is 28.3. The minimum atomic E-state index is -1.40. The molecule has 0 radical (unpaired) electrons. The second kappa shape index (κ2) is 8.98. The first kappa shape index (κ1) is 21.4. The molecule has 0 saturated carbocycles. The zero-order chi connectivity index (χ0) is 21.8. The SMILES string of the molecule is CC[C@@H]1C[C@@H](F)[C@@H](c2ccc(F)cc2)N(C(=O)C(=O)Nc2cncc(C(N)=O)c2)C1. The Labute approximate surface area is 172 Å². The van der Waals surface area contributed by atoms with Crippen LogP contribution in [0.25, 0.3) is 0 Å². The van der Waals surface area contributed by atoms with Gasteiger partial charge in [0.2, 0.25) is 5.91 Å². The van der Waals surface area contributed by atoms with E-state index in [0.717, 1.165) is 0 Å². The summed E-state index contributed by atoms with van der Waals surface area (Å²) in [4.78, 5) is 41.8. The van der Waals surface area contributed by atoms with E-state index in [-0.39, 0.29) is 30.1 Å². The van der Waals surface area contributed by atoms with Gasteiger partial charge in [-0.05, 0) is 36.1 Å². The molecule has 30 heavy (non-hydrogen) atoms. The van der Waals surface area contributed by atoms with E-state index in [2.05, 4.69) is 10.3 Å². The van der Waals surface area contributed by atoms with Crippen LogP contribution in [-0.2, 0) is 9.59 Å². The summed E-state index contributed by atoms with van der Waals surface area (Å²) in [6.45, 7) is 2.09. The highest BCUT2D eigenvalue weighted by molar-refractivity contribution is 6.39. The Morgan fingerprint density at radius 1 is 1.23 bits per heavy atom. The van der Waals surface area contributed by atoms with Crippen LogP contribution in [-0.4, -0.2) is 40.3 Å². The topological polar surface area (TPSA) is 105 Å². The zero-order valence-corrected chi connectivity index (χ0v) is 16.3. The smallest absolute Gasteiger partial charge is 0.313 e. The predicted octanol–water partition coefficient (Wildman–Crippen LogP) is 2.60. The third kappa shape index (κ3) is 4.61. The van der Waals surface area contributed by atoms with Crippen molar-refractivity contribution in [3.63, 3.8) is 0 Å². The number of nitrogens with zero attached hydrogens (tertiary/aromatic N) is 2. The van der Waals surface area contributed by atoms with Crippen LogP contribution >= 0.6 is 0 Å². The highest BCUT2D eigenvalue weighted by Gasteiger charge is 2.41. The van der Waals surface area contributed by atoms with Gasteiger partial charge in [-0.2, -0.15) is 0 Å². The molecule has 1 aliphatic heterocycles. The summed E-state index contributed by atoms with van der Waals surface area (Å²) in [7, 11) is 0. The molecule has 3 amide bonds. The molecule has 0 spiro atoms. The van der Waals surface area contributed by atoms with Gasteiger partial charge in [-0.1, -0.05) is 25.5 Å². The number of carbonyl (C=O) groups excluding carboxylic acids is 3. The molecule has 1 aromatic carbocycles. The van der Waals surface area contributed by atoms with Crippen molar-refractivity contribution >= 4 is 23.4 Å². The Bertz CT molecular complexity index is 952. The maximum absolute atomic E-state index is 15.0. The number of benzene rings is 1. The van der Waals surface area contributed by atoms with Crippen molar-refractivity contribution < 1.29 is 23.2 Å². The maximum Gasteiger partial charge on any atom is 0.313 e. The third-order valence-corrected chi connectivity index (χ3v) is 5.22. The number of nitrogens with two attached hydrogens (primary N) is 1. The Morgan fingerprint density at radius 2 is 1.93 bits per heavy atom. The number of likely N-dealkylation sites (tertiary alicyclic amines) is 1. The van der Waals surface area contributed by atoms with Gasteiger partial charge in [0.25, 0.3) is 0 Å². The van der Waals surface area contributed by atoms with Crippen molar-refractivity contribution in [1.29, 1.82) is 0 Å². The quantitative estimate of drug-likeness (QED) is 0.748. The van der Waals surface area contributed by atoms with Crippen LogP contribution in [0.3, 0.4) is 0 Å². The zero-order valence-electron chi connectivity index (χ0n) is 16.3. The summed E-state index contributed by atoms with van der Waals surface area (Å²) >= 11 is 0. The second-order valence-electron chi connectivity index (χ2n) is 7.26. The number of pyridine rings is 1. The number of amides is 3. The molecule has 0 bridgehead atoms. The van der Waals surface area contributed by atoms with Gasteiger partial charge in [-0.3, -0.25) is 19.4 Å². The minimum absolute atomic E-state index is 0.0669. The Morgan fingerprint density at radius 3 is 2.57 bits per heavy atom. The fourth-order valence-corrected chi connectivity index (χ4v) is 3.62. The van der Waals surface area contributed by atoms with Gasteiger partial charge in [-0.15, -0.1) is 0 Å². The van der Waals surface area contributed by atoms with E-state index in [1.807, 2.05) is 6.92 Å². The highest BCUT2D eigenvalue weighted by Crippen LogP contribution is 2.37. The minimum Gasteiger partial charge on any atom is -0.366 e. The lowest BCUT2D eigenvalue weighted by molar-refractivity contribution is -0.148. The number of primary amides is 1. The van der Waals surface area contributed by atoms with Crippen LogP contribution in [0.4, 0.5) is 14.5 Å². The Kier molecular flexibility index (Phi) is 6.39. The van der Waals surface area contributed by atoms with E-state index in [1.165, 1.54) is 47.6 Å². The number of alkyl halides is 1. The third-order valence-electron chi connectivity index (χ3n) is 5.22. The van der Waals surface area contributed by atoms with Crippen LogP contribution in [0, 0.1) is 11.7 Å². The molecule has 1 fully saturated rings. The van der Waals surface area contributed by atoms with Crippen molar-refractivity contribution in [3.05, 3.63) is 59.7 Å². The van der Waals surface area contributed by atoms with Gasteiger partial charge in [-0.25, -0.2) is 8.78 Å². The lowest BCUT2D eigenvalue weighted by Crippen LogP contribution is -2.50. The molecular weight excluding hydrogens is 394 g/mol. The van der Waals surface area contributed by atoms with Gasteiger partial charge >= 0.3 is 11.8 Å². The lowest BCUT2D eigenvalue weighted by Gasteiger charge is -2.41. The summed E-state index contributed by atoms with van der Waals surface area (Å²) in [5.41, 5.74) is 5.79. The van der Waals surface area contributed by atoms with E-state index in [0.29, 0.717) is 12.0 Å². The number of piperidine rings is 1. The van der Waals surface area contributed by atoms with Gasteiger partial charge in [0.15, 0.2) is 0 Å². The van der Waals surface area contributed by atoms with E-state index in [9.17, 15) is 18.8 Å².